The molecule has 4 nitrogen and oxygen atoms in total. The van der Waals surface area contributed by atoms with Gasteiger partial charge in [0.15, 0.2) is 0 Å². The zero-order valence-electron chi connectivity index (χ0n) is 10.9. The first-order chi connectivity index (χ1) is 7.63. The SMILES string of the molecule is C.C.C#C[C@@H](C)O.CC(=O)C#C[C@@H](C)O.CC(C)=O. The number of hydrogen-bond donors (Lipinski definition) is 2. The summed E-state index contributed by atoms with van der Waals surface area (Å²) in [6.45, 7) is 7.46. The molecule has 0 aliphatic rings. The van der Waals surface area contributed by atoms with E-state index in [1.165, 1.54) is 27.7 Å². The maximum Gasteiger partial charge on any atom is 0.202 e. The van der Waals surface area contributed by atoms with E-state index in [4.69, 9.17) is 10.2 Å². The molecule has 0 bridgehead atoms. The van der Waals surface area contributed by atoms with Gasteiger partial charge in [-0.15, -0.1) is 6.42 Å². The highest BCUT2D eigenvalue weighted by molar-refractivity contribution is 5.93. The maximum atomic E-state index is 10.1. The molecule has 0 saturated heterocycles. The molecule has 0 rings (SSSR count). The van der Waals surface area contributed by atoms with Crippen LogP contribution >= 0.6 is 0 Å². The lowest BCUT2D eigenvalue weighted by Gasteiger charge is -1.83. The molecule has 2 N–H and O–H groups in total. The first-order valence-corrected chi connectivity index (χ1v) is 4.95. The third-order valence-electron chi connectivity index (χ3n) is 0.698. The van der Waals surface area contributed by atoms with Crippen LogP contribution in [0.5, 0.6) is 0 Å². The lowest BCUT2D eigenvalue weighted by molar-refractivity contribution is -0.115. The van der Waals surface area contributed by atoms with Gasteiger partial charge in [0.05, 0.1) is 0 Å². The summed E-state index contributed by atoms with van der Waals surface area (Å²) in [5.41, 5.74) is 0. The van der Waals surface area contributed by atoms with Crippen molar-refractivity contribution < 1.29 is 19.8 Å². The second kappa shape index (κ2) is 21.6. The number of rotatable bonds is 0. The van der Waals surface area contributed by atoms with Crippen LogP contribution in [0.3, 0.4) is 0 Å². The van der Waals surface area contributed by atoms with E-state index < -0.39 is 12.2 Å². The van der Waals surface area contributed by atoms with Gasteiger partial charge in [0.2, 0.25) is 5.78 Å². The Morgan fingerprint density at radius 2 is 1.26 bits per heavy atom. The average Bonchev–Trinajstić information content (AvgIpc) is 2.14. The quantitative estimate of drug-likeness (QED) is 0.521. The van der Waals surface area contributed by atoms with Crippen LogP contribution in [0.4, 0.5) is 0 Å². The van der Waals surface area contributed by atoms with E-state index in [0.29, 0.717) is 0 Å². The summed E-state index contributed by atoms with van der Waals surface area (Å²) in [5.74, 6) is 6.54. The predicted molar refractivity (Wildman–Crippen MR) is 80.5 cm³/mol. The Kier molecular flexibility index (Phi) is 34.7. The van der Waals surface area contributed by atoms with E-state index in [1.807, 2.05) is 0 Å². The molecule has 0 aliphatic heterocycles. The van der Waals surface area contributed by atoms with Crippen molar-refractivity contribution in [3.8, 4) is 24.2 Å². The van der Waals surface area contributed by atoms with Crippen molar-refractivity contribution >= 4 is 11.6 Å². The molecule has 0 fully saturated rings. The first kappa shape index (κ1) is 30.4. The van der Waals surface area contributed by atoms with Gasteiger partial charge in [0.25, 0.3) is 0 Å². The van der Waals surface area contributed by atoms with E-state index in [1.54, 1.807) is 6.92 Å². The van der Waals surface area contributed by atoms with Gasteiger partial charge >= 0.3 is 0 Å². The molecule has 112 valence electrons. The maximum absolute atomic E-state index is 10.1. The van der Waals surface area contributed by atoms with Gasteiger partial charge in [-0.25, -0.2) is 0 Å². The van der Waals surface area contributed by atoms with Gasteiger partial charge in [-0.1, -0.05) is 26.7 Å². The Balaban J connectivity index is -0.0000000524. The molecule has 2 atom stereocenters. The largest absolute Gasteiger partial charge is 0.381 e. The molecule has 4 heteroatoms. The second-order valence-corrected chi connectivity index (χ2v) is 3.25. The Labute approximate surface area is 118 Å². The van der Waals surface area contributed by atoms with E-state index in [2.05, 4.69) is 24.2 Å². The molecule has 0 spiro atoms. The summed E-state index contributed by atoms with van der Waals surface area (Å²) in [7, 11) is 0. The topological polar surface area (TPSA) is 74.6 Å². The second-order valence-electron chi connectivity index (χ2n) is 3.25. The minimum atomic E-state index is -0.695. The van der Waals surface area contributed by atoms with Crippen LogP contribution in [-0.2, 0) is 9.59 Å². The standard InChI is InChI=1S/C6H8O2.C4H6O.C3H6O.2CH4/c1-5(7)3-4-6(2)8;1-3-4(2)5;1-3(2)4;;/h5,7H,1-2H3;1,4-5H,2H3;1-2H3;2*1H4/t5-;4-;;;/m11.../s1. The molecular weight excluding hydrogens is 244 g/mol. The fourth-order valence-corrected chi connectivity index (χ4v) is 0.206. The monoisotopic (exact) mass is 272 g/mol. The minimum absolute atomic E-state index is 0. The summed E-state index contributed by atoms with van der Waals surface area (Å²) in [6.07, 6.45) is 3.39. The molecule has 0 aliphatic carbocycles. The molecule has 0 amide bonds. The van der Waals surface area contributed by atoms with Gasteiger partial charge in [-0.2, -0.15) is 0 Å². The van der Waals surface area contributed by atoms with Crippen molar-refractivity contribution in [3.63, 3.8) is 0 Å². The van der Waals surface area contributed by atoms with Crippen LogP contribution in [0, 0.1) is 24.2 Å². The van der Waals surface area contributed by atoms with Crippen LogP contribution < -0.4 is 0 Å². The molecular formula is C15H28O4. The number of ketones is 2. The molecule has 0 radical (unpaired) electrons. The number of carbonyl (C=O) groups is 2. The normalized spacial score (nSPS) is 9.58. The number of aliphatic hydroxyl groups is 2. The number of terminal acetylenes is 1. The highest BCUT2D eigenvalue weighted by Gasteiger charge is 1.83. The van der Waals surface area contributed by atoms with Crippen LogP contribution in [0.2, 0.25) is 0 Å². The van der Waals surface area contributed by atoms with Crippen LogP contribution in [0.15, 0.2) is 0 Å². The fourth-order valence-electron chi connectivity index (χ4n) is 0.206. The summed E-state index contributed by atoms with van der Waals surface area (Å²) in [5, 5.41) is 16.6. The molecule has 0 heterocycles. The van der Waals surface area contributed by atoms with Crippen LogP contribution in [-0.4, -0.2) is 34.0 Å². The number of hydrogen-bond acceptors (Lipinski definition) is 4. The summed E-state index contributed by atoms with van der Waals surface area (Å²) in [4.78, 5) is 19.5. The van der Waals surface area contributed by atoms with E-state index in [-0.39, 0.29) is 26.4 Å². The molecule has 0 aromatic rings. The van der Waals surface area contributed by atoms with Gasteiger partial charge in [-0.3, -0.25) is 4.79 Å². The van der Waals surface area contributed by atoms with Crippen molar-refractivity contribution in [1.82, 2.24) is 0 Å². The molecule has 0 aromatic heterocycles. The summed E-state index contributed by atoms with van der Waals surface area (Å²) < 4.78 is 0. The smallest absolute Gasteiger partial charge is 0.202 e. The number of aliphatic hydroxyl groups excluding tert-OH is 2. The third kappa shape index (κ3) is 117. The fraction of sp³-hybridized carbons (Fsp3) is 0.600. The Hall–Kier alpha value is -1.62. The zero-order chi connectivity index (χ0) is 14.4. The number of carbonyl (C=O) groups excluding carboxylic acids is 2. The Bertz CT molecular complexity index is 307. The van der Waals surface area contributed by atoms with Crippen molar-refractivity contribution in [3.05, 3.63) is 0 Å². The predicted octanol–water partition coefficient (Wildman–Crippen LogP) is 1.83. The zero-order valence-corrected chi connectivity index (χ0v) is 10.9. The highest BCUT2D eigenvalue weighted by Crippen LogP contribution is 1.72. The van der Waals surface area contributed by atoms with Gasteiger partial charge < -0.3 is 15.0 Å². The average molecular weight is 272 g/mol. The van der Waals surface area contributed by atoms with Crippen LogP contribution in [0.1, 0.15) is 49.5 Å². The summed E-state index contributed by atoms with van der Waals surface area (Å²) in [6, 6.07) is 0. The third-order valence-corrected chi connectivity index (χ3v) is 0.698. The minimum Gasteiger partial charge on any atom is -0.381 e. The van der Waals surface area contributed by atoms with Crippen molar-refractivity contribution in [2.75, 3.05) is 0 Å². The number of Topliss-reactive ketones (excluding diaryl/α,β-unsaturated/α-hetero) is 2. The molecule has 19 heavy (non-hydrogen) atoms. The lowest BCUT2D eigenvalue weighted by atomic mass is 10.4. The van der Waals surface area contributed by atoms with Gasteiger partial charge in [-0.05, 0) is 33.6 Å². The van der Waals surface area contributed by atoms with E-state index in [0.717, 1.165) is 0 Å². The van der Waals surface area contributed by atoms with Crippen molar-refractivity contribution in [2.24, 2.45) is 0 Å². The summed E-state index contributed by atoms with van der Waals surface area (Å²) >= 11 is 0. The molecule has 0 unspecified atom stereocenters. The van der Waals surface area contributed by atoms with E-state index >= 15 is 0 Å². The van der Waals surface area contributed by atoms with Crippen molar-refractivity contribution in [2.45, 2.75) is 61.7 Å². The molecule has 0 saturated carbocycles. The Morgan fingerprint density at radius 1 is 1.00 bits per heavy atom. The van der Waals surface area contributed by atoms with Gasteiger partial charge in [0.1, 0.15) is 18.0 Å². The highest BCUT2D eigenvalue weighted by atomic mass is 16.3. The first-order valence-electron chi connectivity index (χ1n) is 4.95. The lowest BCUT2D eigenvalue weighted by Crippen LogP contribution is -1.94. The van der Waals surface area contributed by atoms with Crippen molar-refractivity contribution in [1.29, 1.82) is 0 Å². The van der Waals surface area contributed by atoms with Gasteiger partial charge in [0, 0.05) is 6.92 Å². The molecule has 0 aromatic carbocycles. The van der Waals surface area contributed by atoms with E-state index in [9.17, 15) is 9.59 Å². The van der Waals surface area contributed by atoms with Crippen LogP contribution in [0.25, 0.3) is 0 Å². The Morgan fingerprint density at radius 3 is 1.32 bits per heavy atom.